The molecule has 6 nitrogen and oxygen atoms in total. The number of rotatable bonds is 5. The van der Waals surface area contributed by atoms with Gasteiger partial charge in [-0.3, -0.25) is 4.79 Å². The van der Waals surface area contributed by atoms with E-state index in [0.29, 0.717) is 24.7 Å². The summed E-state index contributed by atoms with van der Waals surface area (Å²) in [6.07, 6.45) is 1.34. The molecule has 1 heterocycles. The lowest BCUT2D eigenvalue weighted by Crippen LogP contribution is -2.26. The standard InChI is InChI=1S/C9H13ClN4O2/c1-6(15)11-3-4-12-9-7(16-2)8(10)13-5-14-9/h5H,3-4H2,1-2H3,(H,11,15)(H,12,13,14). The normalized spacial score (nSPS) is 9.69. The molecule has 16 heavy (non-hydrogen) atoms. The van der Waals surface area contributed by atoms with Crippen LogP contribution in [-0.4, -0.2) is 36.1 Å². The zero-order chi connectivity index (χ0) is 12.0. The number of aromatic nitrogens is 2. The van der Waals surface area contributed by atoms with Gasteiger partial charge in [-0.05, 0) is 0 Å². The van der Waals surface area contributed by atoms with Gasteiger partial charge in [0.1, 0.15) is 6.33 Å². The van der Waals surface area contributed by atoms with Gasteiger partial charge in [0.2, 0.25) is 5.91 Å². The summed E-state index contributed by atoms with van der Waals surface area (Å²) in [6, 6.07) is 0. The molecule has 2 N–H and O–H groups in total. The highest BCUT2D eigenvalue weighted by Gasteiger charge is 2.09. The molecule has 0 radical (unpaired) electrons. The summed E-state index contributed by atoms with van der Waals surface area (Å²) in [7, 11) is 1.49. The van der Waals surface area contributed by atoms with Crippen LogP contribution in [0.4, 0.5) is 5.82 Å². The van der Waals surface area contributed by atoms with Crippen LogP contribution in [0.5, 0.6) is 5.75 Å². The number of ether oxygens (including phenoxy) is 1. The first-order valence-electron chi connectivity index (χ1n) is 4.68. The van der Waals surface area contributed by atoms with Crippen molar-refractivity contribution in [2.45, 2.75) is 6.92 Å². The van der Waals surface area contributed by atoms with Crippen LogP contribution in [0.2, 0.25) is 5.15 Å². The van der Waals surface area contributed by atoms with Gasteiger partial charge in [0, 0.05) is 20.0 Å². The average molecular weight is 245 g/mol. The smallest absolute Gasteiger partial charge is 0.216 e. The molecule has 1 aromatic rings. The molecule has 0 aliphatic rings. The number of nitrogens with one attached hydrogen (secondary N) is 2. The van der Waals surface area contributed by atoms with Crippen molar-refractivity contribution in [2.75, 3.05) is 25.5 Å². The Labute approximate surface area is 98.4 Å². The maximum Gasteiger partial charge on any atom is 0.216 e. The van der Waals surface area contributed by atoms with E-state index in [1.165, 1.54) is 20.4 Å². The maximum atomic E-state index is 10.6. The molecule has 0 fully saturated rings. The lowest BCUT2D eigenvalue weighted by Gasteiger charge is -2.10. The minimum atomic E-state index is -0.0746. The van der Waals surface area contributed by atoms with Gasteiger partial charge in [-0.25, -0.2) is 9.97 Å². The Bertz CT molecular complexity index is 373. The maximum absolute atomic E-state index is 10.6. The van der Waals surface area contributed by atoms with E-state index in [0.717, 1.165) is 0 Å². The van der Waals surface area contributed by atoms with E-state index < -0.39 is 0 Å². The van der Waals surface area contributed by atoms with Gasteiger partial charge in [0.15, 0.2) is 16.7 Å². The van der Waals surface area contributed by atoms with Crippen molar-refractivity contribution in [2.24, 2.45) is 0 Å². The molecule has 0 atom stereocenters. The predicted molar refractivity (Wildman–Crippen MR) is 60.8 cm³/mol. The van der Waals surface area contributed by atoms with Crippen LogP contribution in [0.3, 0.4) is 0 Å². The molecular weight excluding hydrogens is 232 g/mol. The zero-order valence-electron chi connectivity index (χ0n) is 9.08. The molecule has 0 spiro atoms. The number of carbonyl (C=O) groups is 1. The summed E-state index contributed by atoms with van der Waals surface area (Å²) in [6.45, 7) is 2.49. The van der Waals surface area contributed by atoms with Crippen LogP contribution in [0, 0.1) is 0 Å². The van der Waals surface area contributed by atoms with E-state index in [2.05, 4.69) is 20.6 Å². The number of nitrogens with zero attached hydrogens (tertiary/aromatic N) is 2. The second kappa shape index (κ2) is 6.12. The lowest BCUT2D eigenvalue weighted by atomic mass is 10.5. The van der Waals surface area contributed by atoms with Crippen molar-refractivity contribution in [1.82, 2.24) is 15.3 Å². The van der Waals surface area contributed by atoms with Gasteiger partial charge in [-0.2, -0.15) is 0 Å². The highest BCUT2D eigenvalue weighted by atomic mass is 35.5. The molecule has 1 amide bonds. The fraction of sp³-hybridized carbons (Fsp3) is 0.444. The molecule has 7 heteroatoms. The number of carbonyl (C=O) groups excluding carboxylic acids is 1. The van der Waals surface area contributed by atoms with E-state index >= 15 is 0 Å². The Balaban J connectivity index is 2.53. The van der Waals surface area contributed by atoms with Gasteiger partial charge in [0.05, 0.1) is 7.11 Å². The minimum Gasteiger partial charge on any atom is -0.490 e. The summed E-state index contributed by atoms with van der Waals surface area (Å²) in [5, 5.41) is 5.88. The highest BCUT2D eigenvalue weighted by molar-refractivity contribution is 6.31. The summed E-state index contributed by atoms with van der Waals surface area (Å²) in [4.78, 5) is 18.4. The number of halogens is 1. The molecule has 88 valence electrons. The molecule has 0 aromatic carbocycles. The van der Waals surface area contributed by atoms with Crippen LogP contribution in [-0.2, 0) is 4.79 Å². The van der Waals surface area contributed by atoms with Crippen molar-refractivity contribution in [1.29, 1.82) is 0 Å². The number of hydrogen-bond donors (Lipinski definition) is 2. The van der Waals surface area contributed by atoms with Crippen LogP contribution < -0.4 is 15.4 Å². The zero-order valence-corrected chi connectivity index (χ0v) is 9.84. The fourth-order valence-corrected chi connectivity index (χ4v) is 1.29. The summed E-state index contributed by atoms with van der Waals surface area (Å²) in [5.74, 6) is 0.828. The van der Waals surface area contributed by atoms with Crippen LogP contribution in [0.15, 0.2) is 6.33 Å². The largest absolute Gasteiger partial charge is 0.490 e. The van der Waals surface area contributed by atoms with Crippen molar-refractivity contribution in [3.63, 3.8) is 0 Å². The summed E-state index contributed by atoms with van der Waals surface area (Å²) < 4.78 is 5.05. The Hall–Kier alpha value is -1.56. The Kier molecular flexibility index (Phi) is 4.78. The quantitative estimate of drug-likeness (QED) is 0.589. The van der Waals surface area contributed by atoms with E-state index in [9.17, 15) is 4.79 Å². The van der Waals surface area contributed by atoms with E-state index in [4.69, 9.17) is 16.3 Å². The predicted octanol–water partition coefficient (Wildman–Crippen LogP) is 0.687. The lowest BCUT2D eigenvalue weighted by molar-refractivity contribution is -0.118. The first-order chi connectivity index (χ1) is 7.65. The van der Waals surface area contributed by atoms with E-state index in [1.807, 2.05) is 0 Å². The summed E-state index contributed by atoms with van der Waals surface area (Å²) in [5.41, 5.74) is 0. The van der Waals surface area contributed by atoms with Crippen LogP contribution >= 0.6 is 11.6 Å². The highest BCUT2D eigenvalue weighted by Crippen LogP contribution is 2.27. The Morgan fingerprint density at radius 3 is 2.88 bits per heavy atom. The third-order valence-corrected chi connectivity index (χ3v) is 2.03. The third kappa shape index (κ3) is 3.54. The van der Waals surface area contributed by atoms with Gasteiger partial charge in [-0.1, -0.05) is 11.6 Å². The number of anilines is 1. The number of amides is 1. The van der Waals surface area contributed by atoms with Crippen molar-refractivity contribution in [3.8, 4) is 5.75 Å². The topological polar surface area (TPSA) is 76.1 Å². The Morgan fingerprint density at radius 2 is 2.25 bits per heavy atom. The first-order valence-corrected chi connectivity index (χ1v) is 5.05. The minimum absolute atomic E-state index is 0.0746. The van der Waals surface area contributed by atoms with Gasteiger partial charge in [0.25, 0.3) is 0 Å². The molecule has 1 rings (SSSR count). The molecule has 0 bridgehead atoms. The molecule has 0 aliphatic heterocycles. The molecule has 0 unspecified atom stereocenters. The molecule has 0 saturated carbocycles. The van der Waals surface area contributed by atoms with Crippen molar-refractivity contribution >= 4 is 23.3 Å². The van der Waals surface area contributed by atoms with Crippen molar-refractivity contribution in [3.05, 3.63) is 11.5 Å². The van der Waals surface area contributed by atoms with Crippen LogP contribution in [0.1, 0.15) is 6.92 Å². The van der Waals surface area contributed by atoms with E-state index in [1.54, 1.807) is 0 Å². The second-order valence-electron chi connectivity index (χ2n) is 2.96. The fourth-order valence-electron chi connectivity index (χ4n) is 1.08. The first kappa shape index (κ1) is 12.5. The van der Waals surface area contributed by atoms with Gasteiger partial charge < -0.3 is 15.4 Å². The average Bonchev–Trinajstić information content (AvgIpc) is 2.24. The summed E-state index contributed by atoms with van der Waals surface area (Å²) >= 11 is 5.81. The molecular formula is C9H13ClN4O2. The molecule has 1 aromatic heterocycles. The SMILES string of the molecule is COc1c(Cl)ncnc1NCCNC(C)=O. The molecule has 0 saturated heterocycles. The Morgan fingerprint density at radius 1 is 1.50 bits per heavy atom. The monoisotopic (exact) mass is 244 g/mol. The van der Waals surface area contributed by atoms with Crippen molar-refractivity contribution < 1.29 is 9.53 Å². The second-order valence-corrected chi connectivity index (χ2v) is 3.31. The van der Waals surface area contributed by atoms with E-state index in [-0.39, 0.29) is 11.1 Å². The van der Waals surface area contributed by atoms with Gasteiger partial charge >= 0.3 is 0 Å². The number of hydrogen-bond acceptors (Lipinski definition) is 5. The van der Waals surface area contributed by atoms with Gasteiger partial charge in [-0.15, -0.1) is 0 Å². The third-order valence-electron chi connectivity index (χ3n) is 1.76. The van der Waals surface area contributed by atoms with Crippen LogP contribution in [0.25, 0.3) is 0 Å². The number of methoxy groups -OCH3 is 1. The molecule has 0 aliphatic carbocycles.